The fourth-order valence-corrected chi connectivity index (χ4v) is 6.10. The molecule has 0 aromatic carbocycles. The highest BCUT2D eigenvalue weighted by Crippen LogP contribution is 2.43. The Hall–Kier alpha value is -2.86. The standard InChI is InChI=1S/C44H76NO11P/c1-3-5-6-7-8-9-10-11-12-16-19-22-25-28-31-34-42(47)53-36-40(37-54-57(51,52)55-38-41(45)44(49)50)56-43(48)35-32-29-26-23-20-17-14-13-15-18-21-24-27-30-33-39(46)4-2/h9-10,14-15,17-18,23-24,26-27,39-41,46H,3-8,11-13,16,19-22,25,28-38,45H2,1-2H3,(H,49,50)(H,51,52)/b10-9-,17-14-,18-15-,26-23-,27-24-/t39-,40-,41+/m1/s1. The van der Waals surface area contributed by atoms with Crippen LogP contribution in [0.4, 0.5) is 0 Å². The zero-order chi connectivity index (χ0) is 42.2. The van der Waals surface area contributed by atoms with E-state index in [-0.39, 0.29) is 25.6 Å². The molecule has 0 saturated heterocycles. The highest BCUT2D eigenvalue weighted by molar-refractivity contribution is 7.47. The molecule has 0 rings (SSSR count). The van der Waals surface area contributed by atoms with Gasteiger partial charge in [0.15, 0.2) is 6.10 Å². The van der Waals surface area contributed by atoms with Crippen LogP contribution in [0.25, 0.3) is 0 Å². The smallest absolute Gasteiger partial charge is 0.472 e. The summed E-state index contributed by atoms with van der Waals surface area (Å²) in [5, 5.41) is 18.4. The molecule has 12 nitrogen and oxygen atoms in total. The van der Waals surface area contributed by atoms with E-state index in [2.05, 4.69) is 60.1 Å². The second kappa shape index (κ2) is 38.6. The number of hydrogen-bond donors (Lipinski definition) is 4. The molecule has 0 bridgehead atoms. The van der Waals surface area contributed by atoms with Gasteiger partial charge in [0.2, 0.25) is 0 Å². The molecule has 5 N–H and O–H groups in total. The van der Waals surface area contributed by atoms with Crippen LogP contribution in [-0.2, 0) is 37.5 Å². The fourth-order valence-electron chi connectivity index (χ4n) is 5.33. The van der Waals surface area contributed by atoms with Crippen LogP contribution in [0.15, 0.2) is 60.8 Å². The third kappa shape index (κ3) is 38.4. The number of allylic oxidation sites excluding steroid dienone is 10. The van der Waals surface area contributed by atoms with Crippen LogP contribution in [0.2, 0.25) is 0 Å². The Morgan fingerprint density at radius 2 is 1.09 bits per heavy atom. The van der Waals surface area contributed by atoms with Crippen molar-refractivity contribution >= 4 is 25.7 Å². The summed E-state index contributed by atoms with van der Waals surface area (Å²) in [6.45, 7) is 2.43. The number of phosphoric ester groups is 1. The number of hydrogen-bond acceptors (Lipinski definition) is 10. The van der Waals surface area contributed by atoms with Gasteiger partial charge in [-0.25, -0.2) is 4.57 Å². The van der Waals surface area contributed by atoms with E-state index in [1.54, 1.807) is 0 Å². The quantitative estimate of drug-likeness (QED) is 0.0199. The molecule has 0 aliphatic heterocycles. The van der Waals surface area contributed by atoms with Crippen LogP contribution >= 0.6 is 7.82 Å². The molecular formula is C44H76NO11P. The van der Waals surface area contributed by atoms with E-state index in [1.807, 2.05) is 19.1 Å². The van der Waals surface area contributed by atoms with Crippen molar-refractivity contribution in [2.24, 2.45) is 5.73 Å². The van der Waals surface area contributed by atoms with Gasteiger partial charge in [0, 0.05) is 12.8 Å². The highest BCUT2D eigenvalue weighted by atomic mass is 31.2. The molecule has 0 saturated carbocycles. The van der Waals surface area contributed by atoms with E-state index in [1.165, 1.54) is 51.4 Å². The third-order valence-corrected chi connectivity index (χ3v) is 9.85. The summed E-state index contributed by atoms with van der Waals surface area (Å²) in [5.41, 5.74) is 5.32. The summed E-state index contributed by atoms with van der Waals surface area (Å²) >= 11 is 0. The highest BCUT2D eigenvalue weighted by Gasteiger charge is 2.28. The van der Waals surface area contributed by atoms with Gasteiger partial charge >= 0.3 is 25.7 Å². The van der Waals surface area contributed by atoms with Crippen molar-refractivity contribution in [3.05, 3.63) is 60.8 Å². The summed E-state index contributed by atoms with van der Waals surface area (Å²) in [7, 11) is -4.74. The lowest BCUT2D eigenvalue weighted by molar-refractivity contribution is -0.161. The summed E-state index contributed by atoms with van der Waals surface area (Å²) in [6.07, 6.45) is 40.9. The van der Waals surface area contributed by atoms with E-state index in [0.29, 0.717) is 19.3 Å². The minimum atomic E-state index is -4.74. The summed E-state index contributed by atoms with van der Waals surface area (Å²) in [5.74, 6) is -2.49. The summed E-state index contributed by atoms with van der Waals surface area (Å²) in [6, 6.07) is -1.54. The molecule has 13 heteroatoms. The summed E-state index contributed by atoms with van der Waals surface area (Å²) < 4.78 is 32.6. The van der Waals surface area contributed by atoms with Gasteiger partial charge in [0.05, 0.1) is 19.3 Å². The Balaban J connectivity index is 4.50. The van der Waals surface area contributed by atoms with Gasteiger partial charge in [-0.15, -0.1) is 0 Å². The number of rotatable bonds is 39. The maximum absolute atomic E-state index is 12.6. The number of carbonyl (C=O) groups is 3. The maximum atomic E-state index is 12.6. The monoisotopic (exact) mass is 826 g/mol. The first kappa shape index (κ1) is 54.1. The van der Waals surface area contributed by atoms with Crippen LogP contribution in [-0.4, -0.2) is 71.1 Å². The lowest BCUT2D eigenvalue weighted by Gasteiger charge is -2.20. The van der Waals surface area contributed by atoms with Crippen molar-refractivity contribution in [1.29, 1.82) is 0 Å². The molecule has 57 heavy (non-hydrogen) atoms. The third-order valence-electron chi connectivity index (χ3n) is 8.90. The topological polar surface area (TPSA) is 192 Å². The number of aliphatic carboxylic acids is 1. The molecular weight excluding hydrogens is 749 g/mol. The first-order chi connectivity index (χ1) is 27.5. The van der Waals surface area contributed by atoms with Crippen LogP contribution in [0.1, 0.15) is 162 Å². The number of phosphoric acid groups is 1. The largest absolute Gasteiger partial charge is 0.480 e. The molecule has 0 amide bonds. The number of ether oxygens (including phenoxy) is 2. The number of aliphatic hydroxyl groups is 1. The first-order valence-electron chi connectivity index (χ1n) is 21.4. The second-order valence-corrected chi connectivity index (χ2v) is 15.7. The Kier molecular flexibility index (Phi) is 36.7. The number of nitrogens with two attached hydrogens (primary N) is 1. The van der Waals surface area contributed by atoms with Gasteiger partial charge in [-0.1, -0.05) is 126 Å². The molecule has 0 aliphatic carbocycles. The van der Waals surface area contributed by atoms with Gasteiger partial charge in [0.25, 0.3) is 0 Å². The van der Waals surface area contributed by atoms with Gasteiger partial charge in [0.1, 0.15) is 12.6 Å². The Labute approximate surface area is 343 Å². The van der Waals surface area contributed by atoms with Gasteiger partial charge in [-0.05, 0) is 83.5 Å². The zero-order valence-corrected chi connectivity index (χ0v) is 35.9. The Morgan fingerprint density at radius 3 is 1.67 bits per heavy atom. The van der Waals surface area contributed by atoms with Gasteiger partial charge < -0.3 is 30.3 Å². The van der Waals surface area contributed by atoms with Crippen molar-refractivity contribution < 1.29 is 52.6 Å². The van der Waals surface area contributed by atoms with Crippen molar-refractivity contribution in [3.63, 3.8) is 0 Å². The van der Waals surface area contributed by atoms with Crippen molar-refractivity contribution in [2.45, 2.75) is 180 Å². The number of aliphatic hydroxyl groups excluding tert-OH is 1. The lowest BCUT2D eigenvalue weighted by Crippen LogP contribution is -2.34. The molecule has 0 spiro atoms. The fraction of sp³-hybridized carbons (Fsp3) is 0.705. The number of esters is 2. The number of carboxylic acid groups (broad SMARTS) is 1. The van der Waals surface area contributed by atoms with Crippen LogP contribution in [0.3, 0.4) is 0 Å². The minimum Gasteiger partial charge on any atom is -0.480 e. The Bertz CT molecular complexity index is 1220. The van der Waals surface area contributed by atoms with Crippen molar-refractivity contribution in [3.8, 4) is 0 Å². The van der Waals surface area contributed by atoms with E-state index in [4.69, 9.17) is 24.8 Å². The van der Waals surface area contributed by atoms with Crippen LogP contribution in [0.5, 0.6) is 0 Å². The van der Waals surface area contributed by atoms with Crippen molar-refractivity contribution in [1.82, 2.24) is 0 Å². The first-order valence-corrected chi connectivity index (χ1v) is 22.9. The van der Waals surface area contributed by atoms with E-state index in [0.717, 1.165) is 64.2 Å². The molecule has 328 valence electrons. The molecule has 1 unspecified atom stereocenters. The molecule has 0 aromatic heterocycles. The van der Waals surface area contributed by atoms with Crippen LogP contribution < -0.4 is 5.73 Å². The predicted molar refractivity (Wildman–Crippen MR) is 227 cm³/mol. The molecule has 0 radical (unpaired) electrons. The normalized spacial score (nSPS) is 14.9. The lowest BCUT2D eigenvalue weighted by atomic mass is 10.1. The second-order valence-electron chi connectivity index (χ2n) is 14.3. The van der Waals surface area contributed by atoms with Crippen molar-refractivity contribution in [2.75, 3.05) is 19.8 Å². The van der Waals surface area contributed by atoms with Gasteiger partial charge in [-0.2, -0.15) is 0 Å². The minimum absolute atomic E-state index is 0.0691. The molecule has 0 fully saturated rings. The Morgan fingerprint density at radius 1 is 0.614 bits per heavy atom. The summed E-state index contributed by atoms with van der Waals surface area (Å²) in [4.78, 5) is 45.9. The average Bonchev–Trinajstić information content (AvgIpc) is 3.19. The maximum Gasteiger partial charge on any atom is 0.472 e. The molecule has 0 heterocycles. The average molecular weight is 826 g/mol. The number of carboxylic acids is 1. The van der Waals surface area contributed by atoms with E-state index >= 15 is 0 Å². The van der Waals surface area contributed by atoms with E-state index in [9.17, 15) is 28.9 Å². The molecule has 4 atom stereocenters. The SMILES string of the molecule is CCCCCC/C=C\CCCCCCCCCC(=O)OC[C@H](COP(=O)(O)OC[C@H](N)C(=O)O)OC(=O)CCC/C=C\C/C=C\C/C=C\C/C=C\CC[C@H](O)CC. The zero-order valence-electron chi connectivity index (χ0n) is 35.0. The molecule has 0 aliphatic rings. The predicted octanol–water partition coefficient (Wildman–Crippen LogP) is 10.1. The number of carbonyl (C=O) groups excluding carboxylic acids is 2. The molecule has 0 aromatic rings. The van der Waals surface area contributed by atoms with E-state index < -0.39 is 51.1 Å². The van der Waals surface area contributed by atoms with Gasteiger partial charge in [-0.3, -0.25) is 23.4 Å². The number of unbranched alkanes of at least 4 members (excludes halogenated alkanes) is 12. The van der Waals surface area contributed by atoms with Crippen LogP contribution in [0, 0.1) is 0 Å².